The minimum absolute atomic E-state index is 0.0463. The number of carboxylic acids is 1. The van der Waals surface area contributed by atoms with Crippen molar-refractivity contribution in [1.29, 1.82) is 0 Å². The Bertz CT molecular complexity index is 1470. The quantitative estimate of drug-likeness (QED) is 0.241. The summed E-state index contributed by atoms with van der Waals surface area (Å²) in [4.78, 5) is 78.9. The number of carbonyl (C=O) groups excluding carboxylic acids is 5. The lowest BCUT2D eigenvalue weighted by molar-refractivity contribution is -0.161. The molecule has 0 saturated carbocycles. The summed E-state index contributed by atoms with van der Waals surface area (Å²) in [5.41, 5.74) is 1.10. The van der Waals surface area contributed by atoms with Gasteiger partial charge in [-0.25, -0.2) is 14.6 Å². The Morgan fingerprint density at radius 1 is 1.00 bits per heavy atom. The molecule has 218 valence electrons. The molecule has 0 spiro atoms. The third-order valence-corrected chi connectivity index (χ3v) is 8.80. The molecule has 0 aromatic heterocycles. The first kappa shape index (κ1) is 28.8. The number of hydrogen-bond donors (Lipinski definition) is 3. The summed E-state index contributed by atoms with van der Waals surface area (Å²) in [6, 6.07) is 12.9. The summed E-state index contributed by atoms with van der Waals surface area (Å²) in [5.74, 6) is -4.50. The van der Waals surface area contributed by atoms with Gasteiger partial charge in [0.2, 0.25) is 11.8 Å². The molecule has 3 saturated heterocycles. The van der Waals surface area contributed by atoms with Crippen LogP contribution < -0.4 is 10.6 Å². The van der Waals surface area contributed by atoms with E-state index in [0.717, 1.165) is 10.6 Å². The summed E-state index contributed by atoms with van der Waals surface area (Å²) in [6.45, 7) is 3.24. The molecule has 2 aromatic rings. The molecule has 6 amide bonds. The Morgan fingerprint density at radius 3 is 2.29 bits per heavy atom. The van der Waals surface area contributed by atoms with Crippen LogP contribution in [-0.2, 0) is 24.0 Å². The second-order valence-electron chi connectivity index (χ2n) is 10.4. The normalized spacial score (nSPS) is 23.8. The van der Waals surface area contributed by atoms with Crippen molar-refractivity contribution in [3.8, 4) is 0 Å². The zero-order valence-electron chi connectivity index (χ0n) is 22.7. The highest BCUT2D eigenvalue weighted by Crippen LogP contribution is 2.50. The van der Waals surface area contributed by atoms with Gasteiger partial charge in [-0.15, -0.1) is 11.8 Å². The topological polar surface area (TPSA) is 169 Å². The third kappa shape index (κ3) is 5.32. The Labute approximate surface area is 244 Å². The molecule has 3 heterocycles. The minimum Gasteiger partial charge on any atom is -0.480 e. The van der Waals surface area contributed by atoms with Gasteiger partial charge in [-0.1, -0.05) is 60.7 Å². The molecule has 3 unspecified atom stereocenters. The number of piperazine rings is 1. The number of amides is 6. The predicted octanol–water partition coefficient (Wildman–Crippen LogP) is 0.774. The first-order chi connectivity index (χ1) is 20.0. The molecule has 0 bridgehead atoms. The van der Waals surface area contributed by atoms with Gasteiger partial charge in [-0.2, -0.15) is 5.10 Å². The molecule has 0 radical (unpaired) electrons. The van der Waals surface area contributed by atoms with Crippen molar-refractivity contribution in [3.05, 3.63) is 71.8 Å². The molecule has 2 aromatic carbocycles. The Kier molecular flexibility index (Phi) is 7.73. The van der Waals surface area contributed by atoms with Gasteiger partial charge < -0.3 is 20.6 Å². The molecule has 3 aliphatic heterocycles. The Hall–Kier alpha value is -4.72. The highest BCUT2D eigenvalue weighted by molar-refractivity contribution is 8.01. The molecule has 42 heavy (non-hydrogen) atoms. The van der Waals surface area contributed by atoms with E-state index in [2.05, 4.69) is 15.7 Å². The standard InChI is InChI=1S/C28H28N6O7S/c1-28(2)20(26(39)40)34-22(36)19(25(34)42-28)30-21(35)18(17-11-7-4-8-12-17)31-27(41)32-13-14-33(24(38)23(32)37)29-15-16-9-5-3-6-10-16/h3-12,15,18-20,25H,13-14H2,1-2H3,(H,30,35)(H,31,41)(H,39,40)/t18?,19-,20?,25?/m1/s1. The number of β-lactam (4-membered cyclic amide) rings is 1. The van der Waals surface area contributed by atoms with Crippen molar-refractivity contribution in [2.45, 2.75) is 42.1 Å². The summed E-state index contributed by atoms with van der Waals surface area (Å²) in [5, 5.41) is 19.3. The van der Waals surface area contributed by atoms with E-state index >= 15 is 0 Å². The van der Waals surface area contributed by atoms with Gasteiger partial charge in [-0.3, -0.25) is 24.1 Å². The van der Waals surface area contributed by atoms with Gasteiger partial charge in [0.15, 0.2) is 0 Å². The van der Waals surface area contributed by atoms with E-state index in [1.807, 2.05) is 6.07 Å². The van der Waals surface area contributed by atoms with E-state index < -0.39 is 63.9 Å². The zero-order valence-corrected chi connectivity index (χ0v) is 23.5. The van der Waals surface area contributed by atoms with E-state index in [-0.39, 0.29) is 13.1 Å². The van der Waals surface area contributed by atoms with Crippen LogP contribution in [0.15, 0.2) is 65.8 Å². The fourth-order valence-corrected chi connectivity index (χ4v) is 6.76. The van der Waals surface area contributed by atoms with Gasteiger partial charge in [0, 0.05) is 4.75 Å². The first-order valence-electron chi connectivity index (χ1n) is 13.1. The molecule has 3 N–H and O–H groups in total. The lowest BCUT2D eigenvalue weighted by Gasteiger charge is -2.44. The Balaban J connectivity index is 1.28. The van der Waals surface area contributed by atoms with E-state index in [4.69, 9.17) is 0 Å². The predicted molar refractivity (Wildman–Crippen MR) is 151 cm³/mol. The van der Waals surface area contributed by atoms with Gasteiger partial charge in [-0.05, 0) is 25.0 Å². The number of carbonyl (C=O) groups is 6. The van der Waals surface area contributed by atoms with Gasteiger partial charge >= 0.3 is 23.8 Å². The fraction of sp³-hybridized carbons (Fsp3) is 0.321. The van der Waals surface area contributed by atoms with Crippen molar-refractivity contribution >= 4 is 53.6 Å². The number of carboxylic acid groups (broad SMARTS) is 1. The number of imide groups is 1. The first-order valence-corrected chi connectivity index (χ1v) is 14.0. The van der Waals surface area contributed by atoms with Crippen molar-refractivity contribution in [1.82, 2.24) is 25.4 Å². The molecular formula is C28H28N6O7S. The molecule has 3 aliphatic rings. The van der Waals surface area contributed by atoms with E-state index in [1.165, 1.54) is 22.9 Å². The maximum absolute atomic E-state index is 13.5. The average molecular weight is 593 g/mol. The van der Waals surface area contributed by atoms with Gasteiger partial charge in [0.1, 0.15) is 23.5 Å². The number of thioether (sulfide) groups is 1. The van der Waals surface area contributed by atoms with Crippen LogP contribution in [-0.4, -0.2) is 97.1 Å². The molecule has 5 rings (SSSR count). The van der Waals surface area contributed by atoms with Gasteiger partial charge in [0.05, 0.1) is 19.3 Å². The average Bonchev–Trinajstić information content (AvgIpc) is 3.23. The molecule has 0 aliphatic carbocycles. The van der Waals surface area contributed by atoms with Crippen molar-refractivity contribution in [3.63, 3.8) is 0 Å². The monoisotopic (exact) mass is 592 g/mol. The number of aliphatic carboxylic acids is 1. The second-order valence-corrected chi connectivity index (χ2v) is 12.2. The van der Waals surface area contributed by atoms with Crippen LogP contribution in [0.4, 0.5) is 4.79 Å². The SMILES string of the molecule is CC1(C)SC2[C@H](NC(=O)C(NC(=O)N3CCN(N=Cc4ccccc4)C(=O)C3=O)c3ccccc3)C(=O)N2C1C(=O)O. The summed E-state index contributed by atoms with van der Waals surface area (Å²) < 4.78 is -0.779. The highest BCUT2D eigenvalue weighted by Gasteiger charge is 2.64. The number of fused-ring (bicyclic) bond motifs is 1. The van der Waals surface area contributed by atoms with E-state index in [1.54, 1.807) is 68.4 Å². The smallest absolute Gasteiger partial charge is 0.332 e. The molecule has 13 nitrogen and oxygen atoms in total. The number of urea groups is 1. The van der Waals surface area contributed by atoms with Crippen LogP contribution in [0.5, 0.6) is 0 Å². The largest absolute Gasteiger partial charge is 0.480 e. The summed E-state index contributed by atoms with van der Waals surface area (Å²) in [6.07, 6.45) is 1.43. The second kappa shape index (κ2) is 11.3. The maximum Gasteiger partial charge on any atom is 0.332 e. The third-order valence-electron chi connectivity index (χ3n) is 7.22. The van der Waals surface area contributed by atoms with Crippen LogP contribution in [0.1, 0.15) is 31.0 Å². The van der Waals surface area contributed by atoms with Crippen LogP contribution in [0, 0.1) is 0 Å². The molecule has 3 fully saturated rings. The fourth-order valence-electron chi connectivity index (χ4n) is 5.13. The van der Waals surface area contributed by atoms with Crippen LogP contribution in [0.2, 0.25) is 0 Å². The van der Waals surface area contributed by atoms with Crippen LogP contribution in [0.3, 0.4) is 0 Å². The number of benzene rings is 2. The molecular weight excluding hydrogens is 564 g/mol. The zero-order chi connectivity index (χ0) is 30.2. The van der Waals surface area contributed by atoms with Crippen LogP contribution >= 0.6 is 11.8 Å². The van der Waals surface area contributed by atoms with Crippen LogP contribution in [0.25, 0.3) is 0 Å². The number of nitrogens with zero attached hydrogens (tertiary/aromatic N) is 4. The number of rotatable bonds is 7. The lowest BCUT2D eigenvalue weighted by Crippen LogP contribution is -2.71. The van der Waals surface area contributed by atoms with E-state index in [0.29, 0.717) is 10.5 Å². The number of hydrazone groups is 1. The van der Waals surface area contributed by atoms with Crippen molar-refractivity contribution in [2.75, 3.05) is 13.1 Å². The highest BCUT2D eigenvalue weighted by atomic mass is 32.2. The summed E-state index contributed by atoms with van der Waals surface area (Å²) in [7, 11) is 0. The van der Waals surface area contributed by atoms with E-state index in [9.17, 15) is 33.9 Å². The minimum atomic E-state index is -1.31. The Morgan fingerprint density at radius 2 is 1.64 bits per heavy atom. The maximum atomic E-state index is 13.5. The van der Waals surface area contributed by atoms with Crippen molar-refractivity contribution < 1.29 is 33.9 Å². The van der Waals surface area contributed by atoms with Crippen molar-refractivity contribution in [2.24, 2.45) is 5.10 Å². The summed E-state index contributed by atoms with van der Waals surface area (Å²) >= 11 is 1.27. The number of hydrogen-bond acceptors (Lipinski definition) is 8. The molecule has 14 heteroatoms. The molecule has 4 atom stereocenters. The number of nitrogens with one attached hydrogen (secondary N) is 2. The lowest BCUT2D eigenvalue weighted by atomic mass is 9.95. The van der Waals surface area contributed by atoms with Gasteiger partial charge in [0.25, 0.3) is 0 Å².